The Labute approximate surface area is 124 Å². The lowest BCUT2D eigenvalue weighted by Crippen LogP contribution is -2.49. The van der Waals surface area contributed by atoms with E-state index in [0.717, 1.165) is 5.56 Å². The fourth-order valence-corrected chi connectivity index (χ4v) is 2.23. The van der Waals surface area contributed by atoms with Gasteiger partial charge >= 0.3 is 5.97 Å². The molecular weight excluding hydrogens is 272 g/mol. The summed E-state index contributed by atoms with van der Waals surface area (Å²) in [6, 6.07) is 5.37. The molecule has 6 heteroatoms. The van der Waals surface area contributed by atoms with E-state index < -0.39 is 18.1 Å². The third kappa shape index (κ3) is 5.07. The van der Waals surface area contributed by atoms with Crippen molar-refractivity contribution in [2.75, 3.05) is 6.54 Å². The van der Waals surface area contributed by atoms with E-state index in [4.69, 9.17) is 10.8 Å². The van der Waals surface area contributed by atoms with Crippen LogP contribution < -0.4 is 5.73 Å². The summed E-state index contributed by atoms with van der Waals surface area (Å²) in [5.74, 6) is -1.05. The summed E-state index contributed by atoms with van der Waals surface area (Å²) >= 11 is 0. The molecule has 1 rings (SSSR count). The highest BCUT2D eigenvalue weighted by molar-refractivity contribution is 5.82. The van der Waals surface area contributed by atoms with Gasteiger partial charge in [0.15, 0.2) is 0 Å². The maximum Gasteiger partial charge on any atom is 0.305 e. The van der Waals surface area contributed by atoms with E-state index in [0.29, 0.717) is 13.0 Å². The van der Waals surface area contributed by atoms with Crippen LogP contribution in [-0.2, 0) is 16.0 Å². The van der Waals surface area contributed by atoms with E-state index >= 15 is 0 Å². The van der Waals surface area contributed by atoms with Crippen molar-refractivity contribution >= 4 is 11.9 Å². The van der Waals surface area contributed by atoms with Gasteiger partial charge in [-0.25, -0.2) is 0 Å². The SMILES string of the molecule is CCN(C(=O)[C@@H](N)Cc1ccc(O)cc1)C(C)CC(=O)O. The molecule has 6 nitrogen and oxygen atoms in total. The van der Waals surface area contributed by atoms with Crippen molar-refractivity contribution in [3.8, 4) is 5.75 Å². The standard InChI is InChI=1S/C15H22N2O4/c1-3-17(10(2)8-14(19)20)15(21)13(16)9-11-4-6-12(18)7-5-11/h4-7,10,13,18H,3,8-9,16H2,1-2H3,(H,19,20)/t10?,13-/m0/s1. The van der Waals surface area contributed by atoms with Gasteiger partial charge in [0, 0.05) is 12.6 Å². The van der Waals surface area contributed by atoms with Gasteiger partial charge in [-0.3, -0.25) is 9.59 Å². The average Bonchev–Trinajstić information content (AvgIpc) is 2.41. The molecule has 0 aromatic heterocycles. The number of hydrogen-bond acceptors (Lipinski definition) is 4. The number of carbonyl (C=O) groups is 2. The third-order valence-corrected chi connectivity index (χ3v) is 3.34. The molecule has 1 aromatic carbocycles. The number of amides is 1. The van der Waals surface area contributed by atoms with Crippen LogP contribution in [-0.4, -0.2) is 45.6 Å². The van der Waals surface area contributed by atoms with Crippen LogP contribution in [0, 0.1) is 0 Å². The number of phenolic OH excluding ortho intramolecular Hbond substituents is 1. The highest BCUT2D eigenvalue weighted by atomic mass is 16.4. The van der Waals surface area contributed by atoms with Crippen LogP contribution >= 0.6 is 0 Å². The topological polar surface area (TPSA) is 104 Å². The molecule has 1 aromatic rings. The lowest BCUT2D eigenvalue weighted by molar-refractivity contribution is -0.140. The van der Waals surface area contributed by atoms with Crippen molar-refractivity contribution < 1.29 is 19.8 Å². The number of carbonyl (C=O) groups excluding carboxylic acids is 1. The third-order valence-electron chi connectivity index (χ3n) is 3.34. The number of carboxylic acid groups (broad SMARTS) is 1. The van der Waals surface area contributed by atoms with Gasteiger partial charge in [0.05, 0.1) is 12.5 Å². The molecule has 0 heterocycles. The predicted molar refractivity (Wildman–Crippen MR) is 78.9 cm³/mol. The number of nitrogens with two attached hydrogens (primary N) is 1. The molecule has 2 atom stereocenters. The lowest BCUT2D eigenvalue weighted by atomic mass is 10.0. The van der Waals surface area contributed by atoms with Crippen molar-refractivity contribution in [1.82, 2.24) is 4.90 Å². The molecule has 21 heavy (non-hydrogen) atoms. The summed E-state index contributed by atoms with van der Waals surface area (Å²) in [7, 11) is 0. The van der Waals surface area contributed by atoms with E-state index in [-0.39, 0.29) is 18.1 Å². The van der Waals surface area contributed by atoms with Gasteiger partial charge < -0.3 is 20.8 Å². The van der Waals surface area contributed by atoms with Crippen LogP contribution in [0.3, 0.4) is 0 Å². The molecule has 0 bridgehead atoms. The van der Waals surface area contributed by atoms with Crippen LogP contribution in [0.4, 0.5) is 0 Å². The highest BCUT2D eigenvalue weighted by Crippen LogP contribution is 2.13. The minimum Gasteiger partial charge on any atom is -0.508 e. The van der Waals surface area contributed by atoms with Gasteiger partial charge in [0.2, 0.25) is 5.91 Å². The summed E-state index contributed by atoms with van der Waals surface area (Å²) in [6.07, 6.45) is 0.237. The first-order chi connectivity index (χ1) is 9.85. The van der Waals surface area contributed by atoms with Crippen molar-refractivity contribution in [3.05, 3.63) is 29.8 Å². The Morgan fingerprint density at radius 1 is 1.29 bits per heavy atom. The molecule has 0 radical (unpaired) electrons. The molecule has 0 aliphatic heterocycles. The number of aliphatic carboxylic acids is 1. The molecule has 0 spiro atoms. The Morgan fingerprint density at radius 2 is 1.86 bits per heavy atom. The first kappa shape index (κ1) is 17.0. The van der Waals surface area contributed by atoms with E-state index in [1.165, 1.54) is 17.0 Å². The summed E-state index contributed by atoms with van der Waals surface area (Å²) in [5, 5.41) is 18.0. The van der Waals surface area contributed by atoms with Gasteiger partial charge in [0.1, 0.15) is 5.75 Å². The number of aromatic hydroxyl groups is 1. The van der Waals surface area contributed by atoms with Gasteiger partial charge in [-0.1, -0.05) is 12.1 Å². The van der Waals surface area contributed by atoms with Crippen LogP contribution in [0.1, 0.15) is 25.8 Å². The average molecular weight is 294 g/mol. The number of benzene rings is 1. The number of nitrogens with zero attached hydrogens (tertiary/aromatic N) is 1. The number of rotatable bonds is 7. The summed E-state index contributed by atoms with van der Waals surface area (Å²) in [5.41, 5.74) is 6.77. The molecule has 0 saturated carbocycles. The lowest BCUT2D eigenvalue weighted by Gasteiger charge is -2.29. The zero-order valence-corrected chi connectivity index (χ0v) is 12.3. The number of phenols is 1. The Balaban J connectivity index is 2.70. The van der Waals surface area contributed by atoms with E-state index in [2.05, 4.69) is 0 Å². The first-order valence-electron chi connectivity index (χ1n) is 6.90. The second-order valence-corrected chi connectivity index (χ2v) is 5.05. The predicted octanol–water partition coefficient (Wildman–Crippen LogP) is 0.974. The maximum absolute atomic E-state index is 12.3. The minimum absolute atomic E-state index is 0.106. The van der Waals surface area contributed by atoms with Gasteiger partial charge in [-0.2, -0.15) is 0 Å². The van der Waals surface area contributed by atoms with Crippen LogP contribution in [0.5, 0.6) is 5.75 Å². The largest absolute Gasteiger partial charge is 0.508 e. The van der Waals surface area contributed by atoms with E-state index in [1.54, 1.807) is 26.0 Å². The molecular formula is C15H22N2O4. The highest BCUT2D eigenvalue weighted by Gasteiger charge is 2.25. The molecule has 1 amide bonds. The minimum atomic E-state index is -0.944. The van der Waals surface area contributed by atoms with E-state index in [9.17, 15) is 14.7 Å². The monoisotopic (exact) mass is 294 g/mol. The number of carboxylic acids is 1. The van der Waals surface area contributed by atoms with Crippen molar-refractivity contribution in [2.45, 2.75) is 38.8 Å². The van der Waals surface area contributed by atoms with Gasteiger partial charge in [-0.15, -0.1) is 0 Å². The molecule has 0 aliphatic carbocycles. The molecule has 0 fully saturated rings. The van der Waals surface area contributed by atoms with Crippen LogP contribution in [0.25, 0.3) is 0 Å². The number of likely N-dealkylation sites (N-methyl/N-ethyl adjacent to an activating group) is 1. The second-order valence-electron chi connectivity index (χ2n) is 5.05. The van der Waals surface area contributed by atoms with Crippen LogP contribution in [0.15, 0.2) is 24.3 Å². The quantitative estimate of drug-likeness (QED) is 0.695. The maximum atomic E-state index is 12.3. The van der Waals surface area contributed by atoms with Crippen molar-refractivity contribution in [2.24, 2.45) is 5.73 Å². The second kappa shape index (κ2) is 7.64. The fourth-order valence-electron chi connectivity index (χ4n) is 2.23. The molecule has 0 aliphatic rings. The normalized spacial score (nSPS) is 13.5. The van der Waals surface area contributed by atoms with Gasteiger partial charge in [-0.05, 0) is 38.0 Å². The molecule has 4 N–H and O–H groups in total. The summed E-state index contributed by atoms with van der Waals surface area (Å²) in [6.45, 7) is 3.91. The zero-order chi connectivity index (χ0) is 16.0. The Morgan fingerprint density at radius 3 is 2.33 bits per heavy atom. The summed E-state index contributed by atoms with van der Waals surface area (Å²) in [4.78, 5) is 24.6. The summed E-state index contributed by atoms with van der Waals surface area (Å²) < 4.78 is 0. The Kier molecular flexibility index (Phi) is 6.17. The molecule has 116 valence electrons. The Hall–Kier alpha value is -2.08. The van der Waals surface area contributed by atoms with Crippen molar-refractivity contribution in [1.29, 1.82) is 0 Å². The van der Waals surface area contributed by atoms with Crippen LogP contribution in [0.2, 0.25) is 0 Å². The zero-order valence-electron chi connectivity index (χ0n) is 12.3. The number of hydrogen-bond donors (Lipinski definition) is 3. The van der Waals surface area contributed by atoms with E-state index in [1.807, 2.05) is 0 Å². The Bertz CT molecular complexity index is 487. The van der Waals surface area contributed by atoms with Crippen molar-refractivity contribution in [3.63, 3.8) is 0 Å². The van der Waals surface area contributed by atoms with Gasteiger partial charge in [0.25, 0.3) is 0 Å². The first-order valence-corrected chi connectivity index (χ1v) is 6.90. The molecule has 0 saturated heterocycles. The fraction of sp³-hybridized carbons (Fsp3) is 0.467. The molecule has 1 unspecified atom stereocenters. The smallest absolute Gasteiger partial charge is 0.305 e.